The molecule has 122 valence electrons. The first-order valence-electron chi connectivity index (χ1n) is 7.95. The molecule has 0 amide bonds. The van der Waals surface area contributed by atoms with E-state index in [2.05, 4.69) is 9.88 Å². The number of para-hydroxylation sites is 2. The number of anilines is 1. The van der Waals surface area contributed by atoms with E-state index in [0.29, 0.717) is 16.7 Å². The summed E-state index contributed by atoms with van der Waals surface area (Å²) in [6.07, 6.45) is 0.955. The quantitative estimate of drug-likeness (QED) is 0.774. The smallest absolute Gasteiger partial charge is 0.214 e. The standard InChI is InChI=1S/C19H17ClN2O2/c20-14-6-7-16-13(11-14)5-8-19(21-16)24-15-9-10-22(12-15)17-3-1-2-4-18(17)23/h1-8,11,15,23H,9-10,12H2/t15-/m0/s1. The minimum atomic E-state index is 0.0573. The Balaban J connectivity index is 1.48. The average Bonchev–Trinajstić information content (AvgIpc) is 3.04. The number of phenolic OH excluding ortho intramolecular Hbond substituents is 1. The lowest BCUT2D eigenvalue weighted by Crippen LogP contribution is -2.24. The van der Waals surface area contributed by atoms with Gasteiger partial charge in [0.05, 0.1) is 17.7 Å². The molecule has 0 saturated carbocycles. The van der Waals surface area contributed by atoms with Crippen molar-refractivity contribution in [3.05, 3.63) is 59.6 Å². The number of aromatic nitrogens is 1. The van der Waals surface area contributed by atoms with E-state index >= 15 is 0 Å². The van der Waals surface area contributed by atoms with Crippen molar-refractivity contribution in [1.82, 2.24) is 4.98 Å². The molecule has 1 saturated heterocycles. The molecule has 0 spiro atoms. The fourth-order valence-electron chi connectivity index (χ4n) is 3.09. The van der Waals surface area contributed by atoms with Crippen LogP contribution in [-0.2, 0) is 0 Å². The van der Waals surface area contributed by atoms with Crippen molar-refractivity contribution in [3.8, 4) is 11.6 Å². The number of hydrogen-bond donors (Lipinski definition) is 1. The summed E-state index contributed by atoms with van der Waals surface area (Å²) < 4.78 is 6.04. The molecule has 4 nitrogen and oxygen atoms in total. The van der Waals surface area contributed by atoms with Crippen molar-refractivity contribution in [3.63, 3.8) is 0 Å². The van der Waals surface area contributed by atoms with Gasteiger partial charge in [0.25, 0.3) is 0 Å². The molecule has 1 atom stereocenters. The second-order valence-corrected chi connectivity index (χ2v) is 6.39. The van der Waals surface area contributed by atoms with Gasteiger partial charge in [-0.25, -0.2) is 4.98 Å². The summed E-state index contributed by atoms with van der Waals surface area (Å²) in [7, 11) is 0. The molecule has 0 radical (unpaired) electrons. The predicted octanol–water partition coefficient (Wildman–Crippen LogP) is 4.25. The van der Waals surface area contributed by atoms with Crippen LogP contribution in [0, 0.1) is 0 Å². The lowest BCUT2D eigenvalue weighted by atomic mass is 10.2. The van der Waals surface area contributed by atoms with Gasteiger partial charge in [0.15, 0.2) is 0 Å². The number of phenols is 1. The van der Waals surface area contributed by atoms with Crippen LogP contribution in [0.2, 0.25) is 5.02 Å². The normalized spacial score (nSPS) is 17.4. The van der Waals surface area contributed by atoms with Crippen LogP contribution in [-0.4, -0.2) is 29.3 Å². The number of benzene rings is 2. The topological polar surface area (TPSA) is 45.6 Å². The first-order valence-corrected chi connectivity index (χ1v) is 8.33. The zero-order chi connectivity index (χ0) is 16.5. The molecule has 2 aromatic carbocycles. The molecule has 1 aliphatic rings. The third-order valence-electron chi connectivity index (χ3n) is 4.28. The lowest BCUT2D eigenvalue weighted by Gasteiger charge is -2.19. The molecule has 1 fully saturated rings. The molecule has 0 unspecified atom stereocenters. The van der Waals surface area contributed by atoms with E-state index in [1.165, 1.54) is 0 Å². The fourth-order valence-corrected chi connectivity index (χ4v) is 3.27. The first-order chi connectivity index (χ1) is 11.7. The molecule has 4 rings (SSSR count). The molecule has 1 N–H and O–H groups in total. The number of nitrogens with zero attached hydrogens (tertiary/aromatic N) is 2. The molecule has 24 heavy (non-hydrogen) atoms. The lowest BCUT2D eigenvalue weighted by molar-refractivity contribution is 0.216. The second kappa shape index (κ2) is 6.21. The highest BCUT2D eigenvalue weighted by molar-refractivity contribution is 6.31. The fraction of sp³-hybridized carbons (Fsp3) is 0.211. The maximum Gasteiger partial charge on any atom is 0.214 e. The van der Waals surface area contributed by atoms with E-state index < -0.39 is 0 Å². The molecular weight excluding hydrogens is 324 g/mol. The van der Waals surface area contributed by atoms with Crippen LogP contribution in [0.25, 0.3) is 10.9 Å². The molecule has 5 heteroatoms. The predicted molar refractivity (Wildman–Crippen MR) is 96.1 cm³/mol. The molecule has 3 aromatic rings. The number of ether oxygens (including phenoxy) is 1. The number of hydrogen-bond acceptors (Lipinski definition) is 4. The van der Waals surface area contributed by atoms with Crippen LogP contribution in [0.3, 0.4) is 0 Å². The van der Waals surface area contributed by atoms with Crippen LogP contribution in [0.4, 0.5) is 5.69 Å². The van der Waals surface area contributed by atoms with Gasteiger partial charge in [0.2, 0.25) is 5.88 Å². The van der Waals surface area contributed by atoms with Crippen LogP contribution in [0.15, 0.2) is 54.6 Å². The monoisotopic (exact) mass is 340 g/mol. The summed E-state index contributed by atoms with van der Waals surface area (Å²) in [4.78, 5) is 6.69. The van der Waals surface area contributed by atoms with Crippen molar-refractivity contribution in [1.29, 1.82) is 0 Å². The van der Waals surface area contributed by atoms with Gasteiger partial charge in [-0.3, -0.25) is 0 Å². The van der Waals surface area contributed by atoms with Gasteiger partial charge in [-0.2, -0.15) is 0 Å². The molecular formula is C19H17ClN2O2. The second-order valence-electron chi connectivity index (χ2n) is 5.95. The molecule has 0 aliphatic carbocycles. The van der Waals surface area contributed by atoms with Crippen LogP contribution < -0.4 is 9.64 Å². The third kappa shape index (κ3) is 2.97. The molecule has 0 bridgehead atoms. The highest BCUT2D eigenvalue weighted by Crippen LogP contribution is 2.30. The number of aromatic hydroxyl groups is 1. The van der Waals surface area contributed by atoms with Crippen molar-refractivity contribution < 1.29 is 9.84 Å². The van der Waals surface area contributed by atoms with E-state index in [9.17, 15) is 5.11 Å². The maximum atomic E-state index is 9.98. The Bertz CT molecular complexity index is 884. The Morgan fingerprint density at radius 2 is 2.00 bits per heavy atom. The van der Waals surface area contributed by atoms with Gasteiger partial charge in [0.1, 0.15) is 11.9 Å². The van der Waals surface area contributed by atoms with E-state index in [1.54, 1.807) is 6.07 Å². The number of rotatable bonds is 3. The van der Waals surface area contributed by atoms with Gasteiger partial charge in [0, 0.05) is 29.4 Å². The molecule has 1 aromatic heterocycles. The Hall–Kier alpha value is -2.46. The van der Waals surface area contributed by atoms with E-state index in [1.807, 2.05) is 48.5 Å². The Morgan fingerprint density at radius 3 is 2.88 bits per heavy atom. The minimum Gasteiger partial charge on any atom is -0.506 e. The minimum absolute atomic E-state index is 0.0573. The zero-order valence-electron chi connectivity index (χ0n) is 13.0. The average molecular weight is 341 g/mol. The summed E-state index contributed by atoms with van der Waals surface area (Å²) in [5.41, 5.74) is 1.72. The first kappa shape index (κ1) is 15.1. The van der Waals surface area contributed by atoms with Crippen molar-refractivity contribution in [2.75, 3.05) is 18.0 Å². The van der Waals surface area contributed by atoms with E-state index in [4.69, 9.17) is 16.3 Å². The zero-order valence-corrected chi connectivity index (χ0v) is 13.8. The summed E-state index contributed by atoms with van der Waals surface area (Å²) in [5, 5.41) is 11.7. The molecule has 1 aliphatic heterocycles. The van der Waals surface area contributed by atoms with Crippen molar-refractivity contribution in [2.45, 2.75) is 12.5 Å². The maximum absolute atomic E-state index is 9.98. The van der Waals surface area contributed by atoms with Crippen LogP contribution >= 0.6 is 11.6 Å². The van der Waals surface area contributed by atoms with E-state index in [-0.39, 0.29) is 6.10 Å². The van der Waals surface area contributed by atoms with Crippen LogP contribution in [0.5, 0.6) is 11.6 Å². The van der Waals surface area contributed by atoms with Gasteiger partial charge in [-0.15, -0.1) is 0 Å². The highest BCUT2D eigenvalue weighted by Gasteiger charge is 2.26. The van der Waals surface area contributed by atoms with Gasteiger partial charge >= 0.3 is 0 Å². The van der Waals surface area contributed by atoms with Crippen molar-refractivity contribution in [2.24, 2.45) is 0 Å². The number of pyridine rings is 1. The summed E-state index contributed by atoms with van der Waals surface area (Å²) in [6, 6.07) is 16.9. The van der Waals surface area contributed by atoms with E-state index in [0.717, 1.165) is 36.1 Å². The van der Waals surface area contributed by atoms with Crippen molar-refractivity contribution >= 4 is 28.2 Å². The van der Waals surface area contributed by atoms with Crippen LogP contribution in [0.1, 0.15) is 6.42 Å². The van der Waals surface area contributed by atoms with Gasteiger partial charge in [-0.1, -0.05) is 23.7 Å². The molecule has 2 heterocycles. The summed E-state index contributed by atoms with van der Waals surface area (Å²) >= 11 is 6.00. The SMILES string of the molecule is Oc1ccccc1N1CC[C@H](Oc2ccc3cc(Cl)ccc3n2)C1. The highest BCUT2D eigenvalue weighted by atomic mass is 35.5. The Morgan fingerprint density at radius 1 is 1.12 bits per heavy atom. The Labute approximate surface area is 145 Å². The number of fused-ring (bicyclic) bond motifs is 1. The Kier molecular flexibility index (Phi) is 3.90. The largest absolute Gasteiger partial charge is 0.506 e. The third-order valence-corrected chi connectivity index (χ3v) is 4.52. The van der Waals surface area contributed by atoms with Gasteiger partial charge < -0.3 is 14.7 Å². The summed E-state index contributed by atoms with van der Waals surface area (Å²) in [6.45, 7) is 1.59. The number of halogens is 1. The van der Waals surface area contributed by atoms with Gasteiger partial charge in [-0.05, 0) is 36.4 Å². The summed E-state index contributed by atoms with van der Waals surface area (Å²) in [5.74, 6) is 0.924.